The van der Waals surface area contributed by atoms with Gasteiger partial charge >= 0.3 is 0 Å². The Hall–Kier alpha value is -1.41. The second kappa shape index (κ2) is 8.31. The molecular weight excluding hydrogens is 366 g/mol. The van der Waals surface area contributed by atoms with Crippen molar-refractivity contribution in [2.75, 3.05) is 13.1 Å². The number of rotatable bonds is 5. The molecule has 2 fully saturated rings. The third kappa shape index (κ3) is 4.37. The number of nitrogens with zero attached hydrogens (tertiary/aromatic N) is 2. The van der Waals surface area contributed by atoms with Gasteiger partial charge < -0.3 is 9.84 Å². The van der Waals surface area contributed by atoms with Crippen molar-refractivity contribution in [2.45, 2.75) is 76.7 Å². The molecule has 0 unspecified atom stereocenters. The van der Waals surface area contributed by atoms with Crippen molar-refractivity contribution in [3.63, 3.8) is 0 Å². The average molecular weight is 398 g/mol. The molecule has 1 aliphatic carbocycles. The predicted molar refractivity (Wildman–Crippen MR) is 102 cm³/mol. The van der Waals surface area contributed by atoms with E-state index >= 15 is 0 Å². The van der Waals surface area contributed by atoms with E-state index in [9.17, 15) is 13.2 Å². The van der Waals surface area contributed by atoms with Crippen molar-refractivity contribution >= 4 is 15.9 Å². The summed E-state index contributed by atoms with van der Waals surface area (Å²) in [6.45, 7) is 6.10. The van der Waals surface area contributed by atoms with Crippen LogP contribution in [-0.2, 0) is 14.8 Å². The van der Waals surface area contributed by atoms with Crippen LogP contribution in [0.15, 0.2) is 9.42 Å². The van der Waals surface area contributed by atoms with E-state index in [1.54, 1.807) is 13.8 Å². The zero-order valence-electron chi connectivity index (χ0n) is 16.5. The van der Waals surface area contributed by atoms with Gasteiger partial charge in [0.15, 0.2) is 5.76 Å². The minimum absolute atomic E-state index is 0.0872. The highest BCUT2D eigenvalue weighted by Crippen LogP contribution is 2.31. The summed E-state index contributed by atoms with van der Waals surface area (Å²) in [5, 5.41) is 6.97. The van der Waals surface area contributed by atoms with Gasteiger partial charge in [0.05, 0.1) is 0 Å². The zero-order chi connectivity index (χ0) is 19.6. The van der Waals surface area contributed by atoms with Gasteiger partial charge in [0.1, 0.15) is 10.6 Å². The molecule has 1 aromatic heterocycles. The third-order valence-corrected chi connectivity index (χ3v) is 8.28. The topological polar surface area (TPSA) is 92.5 Å². The number of aromatic nitrogens is 1. The lowest BCUT2D eigenvalue weighted by atomic mass is 9.85. The number of hydrogen-bond acceptors (Lipinski definition) is 5. The molecule has 2 heterocycles. The lowest BCUT2D eigenvalue weighted by Crippen LogP contribution is -2.45. The van der Waals surface area contributed by atoms with Crippen molar-refractivity contribution in [1.29, 1.82) is 0 Å². The highest BCUT2D eigenvalue weighted by Gasteiger charge is 2.36. The van der Waals surface area contributed by atoms with Crippen LogP contribution in [-0.4, -0.2) is 42.9 Å². The van der Waals surface area contributed by atoms with Crippen LogP contribution >= 0.6 is 0 Å². The number of carbonyl (C=O) groups is 1. The highest BCUT2D eigenvalue weighted by molar-refractivity contribution is 7.89. The number of aryl methyl sites for hydroxylation is 2. The lowest BCUT2D eigenvalue weighted by Gasteiger charge is -2.34. The first-order chi connectivity index (χ1) is 12.8. The SMILES string of the molecule is Cc1noc(C)c1S(=O)(=O)N1CCC([C@@H](C)C(=O)NC2CCCCC2)CC1. The molecule has 8 heteroatoms. The molecule has 1 atom stereocenters. The molecule has 0 spiro atoms. The summed E-state index contributed by atoms with van der Waals surface area (Å²) in [4.78, 5) is 12.8. The van der Waals surface area contributed by atoms with E-state index in [-0.39, 0.29) is 22.6 Å². The molecule has 1 aliphatic heterocycles. The molecule has 0 radical (unpaired) electrons. The Morgan fingerprint density at radius 2 is 1.78 bits per heavy atom. The number of piperidine rings is 1. The van der Waals surface area contributed by atoms with Crippen LogP contribution in [0.1, 0.15) is 63.3 Å². The van der Waals surface area contributed by atoms with E-state index in [2.05, 4.69) is 10.5 Å². The molecule has 7 nitrogen and oxygen atoms in total. The quantitative estimate of drug-likeness (QED) is 0.825. The van der Waals surface area contributed by atoms with Crippen LogP contribution in [0.5, 0.6) is 0 Å². The molecule has 1 saturated carbocycles. The molecule has 1 saturated heterocycles. The average Bonchev–Trinajstić information content (AvgIpc) is 3.01. The number of hydrogen-bond donors (Lipinski definition) is 1. The third-order valence-electron chi connectivity index (χ3n) is 6.14. The fourth-order valence-electron chi connectivity index (χ4n) is 4.38. The van der Waals surface area contributed by atoms with Crippen LogP contribution in [0, 0.1) is 25.7 Å². The summed E-state index contributed by atoms with van der Waals surface area (Å²) >= 11 is 0. The van der Waals surface area contributed by atoms with Gasteiger partial charge in [-0.1, -0.05) is 31.3 Å². The van der Waals surface area contributed by atoms with E-state index in [0.717, 1.165) is 12.8 Å². The van der Waals surface area contributed by atoms with Gasteiger partial charge in [-0.2, -0.15) is 4.31 Å². The smallest absolute Gasteiger partial charge is 0.248 e. The molecule has 0 aromatic carbocycles. The molecule has 1 amide bonds. The summed E-state index contributed by atoms with van der Waals surface area (Å²) in [5.41, 5.74) is 0.398. The molecule has 1 aromatic rings. The van der Waals surface area contributed by atoms with E-state index in [1.807, 2.05) is 6.92 Å². The lowest BCUT2D eigenvalue weighted by molar-refractivity contribution is -0.127. The fraction of sp³-hybridized carbons (Fsp3) is 0.789. The van der Waals surface area contributed by atoms with Crippen LogP contribution in [0.3, 0.4) is 0 Å². The summed E-state index contributed by atoms with van der Waals surface area (Å²) in [6.07, 6.45) is 7.19. The zero-order valence-corrected chi connectivity index (χ0v) is 17.3. The Balaban J connectivity index is 1.57. The van der Waals surface area contributed by atoms with Gasteiger partial charge in [0, 0.05) is 25.0 Å². The number of carbonyl (C=O) groups excluding carboxylic acids is 1. The fourth-order valence-corrected chi connectivity index (χ4v) is 6.14. The molecule has 27 heavy (non-hydrogen) atoms. The van der Waals surface area contributed by atoms with E-state index in [4.69, 9.17) is 4.52 Å². The van der Waals surface area contributed by atoms with E-state index < -0.39 is 10.0 Å². The first-order valence-electron chi connectivity index (χ1n) is 10.0. The van der Waals surface area contributed by atoms with Gasteiger partial charge in [-0.15, -0.1) is 0 Å². The van der Waals surface area contributed by atoms with Gasteiger partial charge in [0.2, 0.25) is 15.9 Å². The minimum Gasteiger partial charge on any atom is -0.360 e. The summed E-state index contributed by atoms with van der Waals surface area (Å²) in [7, 11) is -3.60. The maximum Gasteiger partial charge on any atom is 0.248 e. The first kappa shape index (κ1) is 20.3. The molecule has 3 rings (SSSR count). The van der Waals surface area contributed by atoms with Gasteiger partial charge in [-0.25, -0.2) is 8.42 Å². The maximum absolute atomic E-state index is 12.9. The molecule has 152 valence electrons. The Morgan fingerprint density at radius 1 is 1.15 bits per heavy atom. The number of nitrogens with one attached hydrogen (secondary N) is 1. The largest absolute Gasteiger partial charge is 0.360 e. The second-order valence-electron chi connectivity index (χ2n) is 8.03. The summed E-state index contributed by atoms with van der Waals surface area (Å²) in [5.74, 6) is 0.573. The van der Waals surface area contributed by atoms with Crippen molar-refractivity contribution in [3.05, 3.63) is 11.5 Å². The normalized spacial score (nSPS) is 21.9. The number of amides is 1. The maximum atomic E-state index is 12.9. The van der Waals surface area contributed by atoms with Gasteiger partial charge in [-0.05, 0) is 45.4 Å². The van der Waals surface area contributed by atoms with Crippen molar-refractivity contribution in [3.8, 4) is 0 Å². The van der Waals surface area contributed by atoms with Crippen LogP contribution in [0.2, 0.25) is 0 Å². The minimum atomic E-state index is -3.60. The molecule has 2 aliphatic rings. The first-order valence-corrected chi connectivity index (χ1v) is 11.5. The predicted octanol–water partition coefficient (Wildman–Crippen LogP) is 2.78. The second-order valence-corrected chi connectivity index (χ2v) is 9.90. The van der Waals surface area contributed by atoms with E-state index in [0.29, 0.717) is 43.4 Å². The molecule has 1 N–H and O–H groups in total. The molecular formula is C19H31N3O4S. The standard InChI is InChI=1S/C19H31N3O4S/c1-13(19(23)20-17-7-5-4-6-8-17)16-9-11-22(12-10-16)27(24,25)18-14(2)21-26-15(18)3/h13,16-17H,4-12H2,1-3H3,(H,20,23)/t13-/m1/s1. The number of sulfonamides is 1. The van der Waals surface area contributed by atoms with E-state index in [1.165, 1.54) is 23.6 Å². The Morgan fingerprint density at radius 3 is 2.33 bits per heavy atom. The van der Waals surface area contributed by atoms with Gasteiger partial charge in [-0.3, -0.25) is 4.79 Å². The molecule has 0 bridgehead atoms. The monoisotopic (exact) mass is 397 g/mol. The van der Waals surface area contributed by atoms with Crippen LogP contribution in [0.4, 0.5) is 0 Å². The van der Waals surface area contributed by atoms with Crippen LogP contribution < -0.4 is 5.32 Å². The van der Waals surface area contributed by atoms with Crippen molar-refractivity contribution in [2.24, 2.45) is 11.8 Å². The summed E-state index contributed by atoms with van der Waals surface area (Å²) < 4.78 is 32.3. The van der Waals surface area contributed by atoms with Crippen molar-refractivity contribution in [1.82, 2.24) is 14.8 Å². The highest BCUT2D eigenvalue weighted by atomic mass is 32.2. The van der Waals surface area contributed by atoms with Gasteiger partial charge in [0.25, 0.3) is 0 Å². The Kier molecular flexibility index (Phi) is 6.25. The summed E-state index contributed by atoms with van der Waals surface area (Å²) in [6, 6.07) is 0.314. The Labute approximate surface area is 161 Å². The Bertz CT molecular complexity index is 740. The van der Waals surface area contributed by atoms with Crippen LogP contribution in [0.25, 0.3) is 0 Å². The van der Waals surface area contributed by atoms with Crippen molar-refractivity contribution < 1.29 is 17.7 Å².